The third kappa shape index (κ3) is 3.89. The van der Waals surface area contributed by atoms with Crippen LogP contribution in [0.15, 0.2) is 29.2 Å². The summed E-state index contributed by atoms with van der Waals surface area (Å²) in [5.74, 6) is -1.07. The number of thioether (sulfide) groups is 1. The number of benzene rings is 1. The van der Waals surface area contributed by atoms with E-state index in [9.17, 15) is 27.2 Å². The molecular weight excluding hydrogens is 385 g/mol. The molecule has 1 N–H and O–H groups in total. The smallest absolute Gasteiger partial charge is 0.289 e. The van der Waals surface area contributed by atoms with Gasteiger partial charge in [0.2, 0.25) is 21.8 Å². The largest absolute Gasteiger partial charge is 0.338 e. The summed E-state index contributed by atoms with van der Waals surface area (Å²) >= 11 is 0.947. The highest BCUT2D eigenvalue weighted by Gasteiger charge is 2.43. The molecule has 26 heavy (non-hydrogen) atoms. The van der Waals surface area contributed by atoms with E-state index in [0.29, 0.717) is 0 Å². The monoisotopic (exact) mass is 401 g/mol. The Morgan fingerprint density at radius 3 is 2.65 bits per heavy atom. The first-order chi connectivity index (χ1) is 12.3. The predicted octanol–water partition coefficient (Wildman–Crippen LogP) is 0.400. The zero-order valence-corrected chi connectivity index (χ0v) is 15.2. The maximum atomic E-state index is 13.1. The van der Waals surface area contributed by atoms with Gasteiger partial charge in [-0.05, 0) is 18.2 Å². The van der Waals surface area contributed by atoms with Crippen molar-refractivity contribution in [2.45, 2.75) is 17.4 Å². The van der Waals surface area contributed by atoms with E-state index in [1.165, 1.54) is 21.9 Å². The fraction of sp³-hybridized carbons (Fsp3) is 0.400. The summed E-state index contributed by atoms with van der Waals surface area (Å²) in [5, 5.41) is -0.296. The van der Waals surface area contributed by atoms with E-state index in [1.54, 1.807) is 0 Å². The van der Waals surface area contributed by atoms with Crippen molar-refractivity contribution in [1.82, 2.24) is 14.5 Å². The molecule has 2 heterocycles. The van der Waals surface area contributed by atoms with E-state index >= 15 is 0 Å². The van der Waals surface area contributed by atoms with Gasteiger partial charge in [0, 0.05) is 26.1 Å². The quantitative estimate of drug-likeness (QED) is 0.740. The number of rotatable bonds is 6. The Hall–Kier alpha value is -1.98. The summed E-state index contributed by atoms with van der Waals surface area (Å²) in [6.45, 7) is 0.386. The van der Waals surface area contributed by atoms with E-state index < -0.39 is 15.8 Å². The number of carbonyl (C=O) groups excluding carboxylic acids is 3. The van der Waals surface area contributed by atoms with Gasteiger partial charge in [0.05, 0.1) is 16.7 Å². The standard InChI is InChI=1S/C15H16FN3O5S2/c16-10-2-1-3-12(6-10)26(23,24)17-5-4-13(20)18-7-11(8-18)19-14(21)9-25-15(19)22/h1-3,6,11,17H,4-5,7-9H2. The maximum absolute atomic E-state index is 13.1. The second kappa shape index (κ2) is 7.33. The van der Waals surface area contributed by atoms with Crippen LogP contribution < -0.4 is 4.72 Å². The molecule has 0 atom stereocenters. The zero-order chi connectivity index (χ0) is 18.9. The molecule has 0 aliphatic carbocycles. The number of likely N-dealkylation sites (tertiary alicyclic amines) is 1. The van der Waals surface area contributed by atoms with Crippen molar-refractivity contribution in [3.05, 3.63) is 30.1 Å². The molecule has 11 heteroatoms. The van der Waals surface area contributed by atoms with Crippen molar-refractivity contribution < 1.29 is 27.2 Å². The van der Waals surface area contributed by atoms with Crippen molar-refractivity contribution >= 4 is 38.8 Å². The summed E-state index contributed by atoms with van der Waals surface area (Å²) in [7, 11) is -3.89. The van der Waals surface area contributed by atoms with Gasteiger partial charge in [-0.25, -0.2) is 17.5 Å². The molecule has 2 aliphatic heterocycles. The number of nitrogens with zero attached hydrogens (tertiary/aromatic N) is 2. The molecular formula is C15H16FN3O5S2. The van der Waals surface area contributed by atoms with Gasteiger partial charge in [0.15, 0.2) is 0 Å². The minimum absolute atomic E-state index is 0.0715. The van der Waals surface area contributed by atoms with Crippen molar-refractivity contribution in [2.24, 2.45) is 0 Å². The fourth-order valence-electron chi connectivity index (χ4n) is 2.71. The first kappa shape index (κ1) is 18.8. The molecule has 0 bridgehead atoms. The number of halogens is 1. The Morgan fingerprint density at radius 2 is 2.04 bits per heavy atom. The summed E-state index contributed by atoms with van der Waals surface area (Å²) in [5.41, 5.74) is 0. The van der Waals surface area contributed by atoms with E-state index in [2.05, 4.69) is 4.72 Å². The first-order valence-corrected chi connectivity index (χ1v) is 10.3. The lowest BCUT2D eigenvalue weighted by Crippen LogP contribution is -2.62. The molecule has 0 radical (unpaired) electrons. The van der Waals surface area contributed by atoms with Gasteiger partial charge in [-0.3, -0.25) is 19.3 Å². The number of nitrogens with one attached hydrogen (secondary N) is 1. The van der Waals surface area contributed by atoms with Crippen LogP contribution in [0, 0.1) is 5.82 Å². The summed E-state index contributed by atoms with van der Waals surface area (Å²) < 4.78 is 39.4. The number of sulfonamides is 1. The predicted molar refractivity (Wildman–Crippen MR) is 91.3 cm³/mol. The van der Waals surface area contributed by atoms with Gasteiger partial charge >= 0.3 is 0 Å². The maximum Gasteiger partial charge on any atom is 0.289 e. The molecule has 2 fully saturated rings. The average molecular weight is 401 g/mol. The Morgan fingerprint density at radius 1 is 1.31 bits per heavy atom. The van der Waals surface area contributed by atoms with Crippen molar-refractivity contribution in [1.29, 1.82) is 0 Å². The van der Waals surface area contributed by atoms with Crippen LogP contribution in [-0.2, 0) is 19.6 Å². The lowest BCUT2D eigenvalue weighted by Gasteiger charge is -2.42. The number of carbonyl (C=O) groups is 3. The van der Waals surface area contributed by atoms with Crippen molar-refractivity contribution in [3.8, 4) is 0 Å². The number of imide groups is 1. The minimum Gasteiger partial charge on any atom is -0.338 e. The van der Waals surface area contributed by atoms with Gasteiger partial charge in [0.1, 0.15) is 5.82 Å². The molecule has 3 rings (SSSR count). The Kier molecular flexibility index (Phi) is 5.30. The fourth-order valence-corrected chi connectivity index (χ4v) is 4.55. The Bertz CT molecular complexity index is 839. The highest BCUT2D eigenvalue weighted by molar-refractivity contribution is 8.14. The molecule has 140 valence electrons. The second-order valence-corrected chi connectivity index (χ2v) is 8.57. The van der Waals surface area contributed by atoms with Gasteiger partial charge in [0.25, 0.3) is 5.24 Å². The number of amides is 3. The topological polar surface area (TPSA) is 104 Å². The van der Waals surface area contributed by atoms with Crippen LogP contribution in [-0.4, -0.2) is 66.7 Å². The van der Waals surface area contributed by atoms with Crippen LogP contribution in [0.3, 0.4) is 0 Å². The van der Waals surface area contributed by atoms with Gasteiger partial charge < -0.3 is 4.90 Å². The van der Waals surface area contributed by atoms with Crippen LogP contribution in [0.1, 0.15) is 6.42 Å². The molecule has 3 amide bonds. The van der Waals surface area contributed by atoms with Crippen LogP contribution in [0.5, 0.6) is 0 Å². The number of hydrogen-bond acceptors (Lipinski definition) is 6. The lowest BCUT2D eigenvalue weighted by atomic mass is 10.1. The first-order valence-electron chi connectivity index (χ1n) is 7.80. The molecule has 2 aliphatic rings. The van der Waals surface area contributed by atoms with E-state index in [1.807, 2.05) is 0 Å². The van der Waals surface area contributed by atoms with Crippen LogP contribution >= 0.6 is 11.8 Å². The van der Waals surface area contributed by atoms with Crippen molar-refractivity contribution in [3.63, 3.8) is 0 Å². The lowest BCUT2D eigenvalue weighted by molar-refractivity contribution is -0.141. The summed E-state index contributed by atoms with van der Waals surface area (Å²) in [6, 6.07) is 4.27. The normalized spacial score (nSPS) is 18.3. The van der Waals surface area contributed by atoms with Gasteiger partial charge in [-0.2, -0.15) is 0 Å². The van der Waals surface area contributed by atoms with Crippen LogP contribution in [0.25, 0.3) is 0 Å². The zero-order valence-electron chi connectivity index (χ0n) is 13.6. The van der Waals surface area contributed by atoms with E-state index in [-0.39, 0.29) is 59.8 Å². The van der Waals surface area contributed by atoms with Crippen molar-refractivity contribution in [2.75, 3.05) is 25.4 Å². The molecule has 0 unspecified atom stereocenters. The third-order valence-corrected chi connectivity index (χ3v) is 6.40. The molecule has 1 aromatic rings. The Balaban J connectivity index is 1.45. The van der Waals surface area contributed by atoms with E-state index in [0.717, 1.165) is 23.9 Å². The molecule has 0 aromatic heterocycles. The van der Waals surface area contributed by atoms with Gasteiger partial charge in [-0.15, -0.1) is 0 Å². The average Bonchev–Trinajstić information content (AvgIpc) is 2.86. The highest BCUT2D eigenvalue weighted by Crippen LogP contribution is 2.26. The summed E-state index contributed by atoms with van der Waals surface area (Å²) in [6.07, 6.45) is -0.0715. The second-order valence-electron chi connectivity index (χ2n) is 5.88. The molecule has 1 aromatic carbocycles. The SMILES string of the molecule is O=C(CCNS(=O)(=O)c1cccc(F)c1)N1CC(N2C(=O)CSC2=O)C1. The van der Waals surface area contributed by atoms with Crippen LogP contribution in [0.2, 0.25) is 0 Å². The highest BCUT2D eigenvalue weighted by atomic mass is 32.2. The molecule has 8 nitrogen and oxygen atoms in total. The summed E-state index contributed by atoms with van der Waals surface area (Å²) in [4.78, 5) is 37.7. The Labute approximate surface area is 153 Å². The van der Waals surface area contributed by atoms with Crippen LogP contribution in [0.4, 0.5) is 9.18 Å². The number of hydrogen-bond donors (Lipinski definition) is 1. The minimum atomic E-state index is -3.89. The van der Waals surface area contributed by atoms with E-state index in [4.69, 9.17) is 0 Å². The molecule has 0 spiro atoms. The van der Waals surface area contributed by atoms with Gasteiger partial charge in [-0.1, -0.05) is 17.8 Å². The molecule has 2 saturated heterocycles. The third-order valence-electron chi connectivity index (χ3n) is 4.10. The molecule has 0 saturated carbocycles.